The number of ether oxygens (including phenoxy) is 3. The Morgan fingerprint density at radius 3 is 2.56 bits per heavy atom. The monoisotopic (exact) mass is 469 g/mol. The number of nitrogens with zero attached hydrogens (tertiary/aromatic N) is 1. The largest absolute Gasteiger partial charge is 0.493 e. The molecule has 1 amide bonds. The smallest absolute Gasteiger partial charge is 0.266 e. The van der Waals surface area contributed by atoms with E-state index in [-0.39, 0.29) is 5.91 Å². The highest BCUT2D eigenvalue weighted by atomic mass is 32.2. The quantitative estimate of drug-likeness (QED) is 0.197. The van der Waals surface area contributed by atoms with Crippen molar-refractivity contribution in [2.45, 2.75) is 20.3 Å². The topological polar surface area (TPSA) is 48.0 Å². The number of rotatable bonds is 10. The van der Waals surface area contributed by atoms with Crippen molar-refractivity contribution < 1.29 is 19.0 Å². The number of amides is 1. The summed E-state index contributed by atoms with van der Waals surface area (Å²) in [7, 11) is 1.60. The van der Waals surface area contributed by atoms with Gasteiger partial charge in [0.25, 0.3) is 5.91 Å². The Balaban J connectivity index is 1.56. The fourth-order valence-electron chi connectivity index (χ4n) is 3.07. The first-order valence-electron chi connectivity index (χ1n) is 10.3. The Bertz CT molecular complexity index is 1050. The number of thiocarbonyl (C=S) groups is 1. The molecule has 0 aliphatic carbocycles. The van der Waals surface area contributed by atoms with Crippen LogP contribution in [0.15, 0.2) is 54.0 Å². The van der Waals surface area contributed by atoms with Gasteiger partial charge in [0.2, 0.25) is 0 Å². The van der Waals surface area contributed by atoms with Crippen LogP contribution in [0.1, 0.15) is 23.1 Å². The molecule has 0 atom stereocenters. The molecule has 1 fully saturated rings. The van der Waals surface area contributed by atoms with Crippen molar-refractivity contribution in [3.63, 3.8) is 0 Å². The van der Waals surface area contributed by atoms with Gasteiger partial charge in [-0.3, -0.25) is 9.69 Å². The van der Waals surface area contributed by atoms with Crippen molar-refractivity contribution in [3.8, 4) is 17.2 Å². The molecule has 1 aliphatic rings. The van der Waals surface area contributed by atoms with E-state index < -0.39 is 0 Å². The first-order chi connectivity index (χ1) is 15.4. The molecule has 0 radical (unpaired) electrons. The summed E-state index contributed by atoms with van der Waals surface area (Å²) in [5.74, 6) is 2.02. The Morgan fingerprint density at radius 1 is 1.06 bits per heavy atom. The molecule has 168 valence electrons. The summed E-state index contributed by atoms with van der Waals surface area (Å²) >= 11 is 6.57. The molecule has 0 aromatic heterocycles. The van der Waals surface area contributed by atoms with Crippen molar-refractivity contribution in [2.24, 2.45) is 0 Å². The van der Waals surface area contributed by atoms with Gasteiger partial charge in [0.05, 0.1) is 25.2 Å². The highest BCUT2D eigenvalue weighted by Gasteiger charge is 2.31. The predicted molar refractivity (Wildman–Crippen MR) is 135 cm³/mol. The van der Waals surface area contributed by atoms with E-state index in [1.807, 2.05) is 36.4 Å². The average Bonchev–Trinajstić information content (AvgIpc) is 3.04. The van der Waals surface area contributed by atoms with Gasteiger partial charge in [-0.05, 0) is 60.9 Å². The van der Waals surface area contributed by atoms with Gasteiger partial charge in [-0.25, -0.2) is 0 Å². The number of carbonyl (C=O) groups is 1. The number of hydrogen-bond donors (Lipinski definition) is 0. The van der Waals surface area contributed by atoms with E-state index in [4.69, 9.17) is 26.4 Å². The standard InChI is InChI=1S/C25H27NO4S2/c1-5-11-26-24(27)23(32-25(26)31)16-19-8-10-21(22(15-19)28-4)30-13-6-12-29-20-9-7-17(2)18(3)14-20/h5,7-10,14-16H,1,6,11-13H2,2-4H3. The summed E-state index contributed by atoms with van der Waals surface area (Å²) < 4.78 is 17.7. The number of benzene rings is 2. The lowest BCUT2D eigenvalue weighted by Crippen LogP contribution is -2.27. The second-order valence-electron chi connectivity index (χ2n) is 7.29. The maximum atomic E-state index is 12.5. The van der Waals surface area contributed by atoms with Crippen LogP contribution in [0.5, 0.6) is 17.2 Å². The second-order valence-corrected chi connectivity index (χ2v) is 8.96. The van der Waals surface area contributed by atoms with E-state index >= 15 is 0 Å². The Labute approximate surface area is 199 Å². The van der Waals surface area contributed by atoms with E-state index in [1.165, 1.54) is 27.8 Å². The predicted octanol–water partition coefficient (Wildman–Crippen LogP) is 5.55. The molecule has 5 nitrogen and oxygen atoms in total. The van der Waals surface area contributed by atoms with Crippen LogP contribution in [0, 0.1) is 13.8 Å². The lowest BCUT2D eigenvalue weighted by molar-refractivity contribution is -0.121. The molecule has 1 aliphatic heterocycles. The molecule has 0 spiro atoms. The lowest BCUT2D eigenvalue weighted by atomic mass is 10.1. The van der Waals surface area contributed by atoms with Gasteiger partial charge in [0.1, 0.15) is 10.1 Å². The minimum absolute atomic E-state index is 0.108. The molecule has 1 heterocycles. The van der Waals surface area contributed by atoms with E-state index in [0.717, 1.165) is 17.7 Å². The Hall–Kier alpha value is -2.77. The minimum Gasteiger partial charge on any atom is -0.493 e. The minimum atomic E-state index is -0.108. The Kier molecular flexibility index (Phi) is 8.36. The summed E-state index contributed by atoms with van der Waals surface area (Å²) in [6.07, 6.45) is 4.21. The van der Waals surface area contributed by atoms with Crippen LogP contribution in [0.4, 0.5) is 0 Å². The average molecular weight is 470 g/mol. The SMILES string of the molecule is C=CCN1C(=O)C(=Cc2ccc(OCCCOc3ccc(C)c(C)c3)c(OC)c2)SC1=S. The van der Waals surface area contributed by atoms with Gasteiger partial charge in [0.15, 0.2) is 11.5 Å². The van der Waals surface area contributed by atoms with Crippen molar-refractivity contribution in [3.05, 3.63) is 70.6 Å². The van der Waals surface area contributed by atoms with Crippen LogP contribution in [-0.4, -0.2) is 42.0 Å². The van der Waals surface area contributed by atoms with Crippen LogP contribution in [-0.2, 0) is 4.79 Å². The third kappa shape index (κ3) is 5.93. The van der Waals surface area contributed by atoms with Gasteiger partial charge in [-0.1, -0.05) is 42.2 Å². The number of hydrogen-bond acceptors (Lipinski definition) is 6. The molecule has 2 aromatic rings. The van der Waals surface area contributed by atoms with Crippen molar-refractivity contribution >= 4 is 40.3 Å². The summed E-state index contributed by atoms with van der Waals surface area (Å²) in [5.41, 5.74) is 3.30. The van der Waals surface area contributed by atoms with E-state index in [0.29, 0.717) is 40.5 Å². The highest BCUT2D eigenvalue weighted by Crippen LogP contribution is 2.34. The molecule has 32 heavy (non-hydrogen) atoms. The molecule has 7 heteroatoms. The number of carbonyl (C=O) groups excluding carboxylic acids is 1. The first-order valence-corrected chi connectivity index (χ1v) is 11.5. The van der Waals surface area contributed by atoms with Gasteiger partial charge in [0, 0.05) is 13.0 Å². The maximum absolute atomic E-state index is 12.5. The molecule has 1 saturated heterocycles. The van der Waals surface area contributed by atoms with Crippen LogP contribution in [0.25, 0.3) is 6.08 Å². The zero-order valence-electron chi connectivity index (χ0n) is 18.6. The number of thioether (sulfide) groups is 1. The third-order valence-corrected chi connectivity index (χ3v) is 6.34. The molecule has 0 unspecified atom stereocenters. The zero-order valence-corrected chi connectivity index (χ0v) is 20.2. The van der Waals surface area contributed by atoms with Gasteiger partial charge >= 0.3 is 0 Å². The second kappa shape index (κ2) is 11.2. The van der Waals surface area contributed by atoms with E-state index in [1.54, 1.807) is 13.2 Å². The summed E-state index contributed by atoms with van der Waals surface area (Å²) in [4.78, 5) is 14.6. The lowest BCUT2D eigenvalue weighted by Gasteiger charge is -2.12. The van der Waals surface area contributed by atoms with E-state index in [2.05, 4.69) is 26.5 Å². The zero-order chi connectivity index (χ0) is 23.1. The summed E-state index contributed by atoms with van der Waals surface area (Å²) in [6, 6.07) is 11.7. The van der Waals surface area contributed by atoms with Crippen molar-refractivity contribution in [1.82, 2.24) is 4.90 Å². The third-order valence-electron chi connectivity index (χ3n) is 4.96. The molecule has 0 bridgehead atoms. The first kappa shape index (κ1) is 23.9. The fourth-order valence-corrected chi connectivity index (χ4v) is 4.34. The molecule has 3 rings (SSSR count). The fraction of sp³-hybridized carbons (Fsp3) is 0.280. The van der Waals surface area contributed by atoms with Crippen molar-refractivity contribution in [2.75, 3.05) is 26.9 Å². The van der Waals surface area contributed by atoms with Crippen LogP contribution < -0.4 is 14.2 Å². The molecule has 0 N–H and O–H groups in total. The van der Waals surface area contributed by atoms with Crippen LogP contribution in [0.3, 0.4) is 0 Å². The molecular formula is C25H27NO4S2. The molecular weight excluding hydrogens is 442 g/mol. The number of aryl methyl sites for hydroxylation is 2. The maximum Gasteiger partial charge on any atom is 0.266 e. The Morgan fingerprint density at radius 2 is 1.84 bits per heavy atom. The van der Waals surface area contributed by atoms with Gasteiger partial charge in [-0.15, -0.1) is 6.58 Å². The van der Waals surface area contributed by atoms with Crippen LogP contribution in [0.2, 0.25) is 0 Å². The van der Waals surface area contributed by atoms with Crippen molar-refractivity contribution in [1.29, 1.82) is 0 Å². The summed E-state index contributed by atoms with van der Waals surface area (Å²) in [5, 5.41) is 0. The summed E-state index contributed by atoms with van der Waals surface area (Å²) in [6.45, 7) is 9.30. The highest BCUT2D eigenvalue weighted by molar-refractivity contribution is 8.26. The molecule has 0 saturated carbocycles. The normalized spacial score (nSPS) is 14.7. The molecule has 2 aromatic carbocycles. The van der Waals surface area contributed by atoms with Crippen LogP contribution >= 0.6 is 24.0 Å². The van der Waals surface area contributed by atoms with Gasteiger partial charge < -0.3 is 14.2 Å². The number of methoxy groups -OCH3 is 1. The van der Waals surface area contributed by atoms with Gasteiger partial charge in [-0.2, -0.15) is 0 Å². The van der Waals surface area contributed by atoms with E-state index in [9.17, 15) is 4.79 Å².